The van der Waals surface area contributed by atoms with Crippen molar-refractivity contribution in [2.45, 2.75) is 133 Å². The van der Waals surface area contributed by atoms with Gasteiger partial charge in [0.1, 0.15) is 35.0 Å². The lowest BCUT2D eigenvalue weighted by Gasteiger charge is -2.49. The molecule has 0 aromatic heterocycles. The van der Waals surface area contributed by atoms with Crippen LogP contribution in [-0.4, -0.2) is 89.5 Å². The Kier molecular flexibility index (Phi) is 13.0. The van der Waals surface area contributed by atoms with Crippen LogP contribution in [0.25, 0.3) is 17.2 Å². The first-order chi connectivity index (χ1) is 32.5. The molecule has 6 unspecified atom stereocenters. The predicted molar refractivity (Wildman–Crippen MR) is 257 cm³/mol. The van der Waals surface area contributed by atoms with Crippen LogP contribution in [-0.2, 0) is 30.4 Å². The van der Waals surface area contributed by atoms with Gasteiger partial charge in [0.25, 0.3) is 0 Å². The molecule has 6 aliphatic rings. The lowest BCUT2D eigenvalue weighted by molar-refractivity contribution is -0.143. The first-order valence-corrected chi connectivity index (χ1v) is 24.6. The van der Waals surface area contributed by atoms with Gasteiger partial charge in [-0.3, -0.25) is 15.6 Å². The summed E-state index contributed by atoms with van der Waals surface area (Å²) in [7, 11) is 0. The van der Waals surface area contributed by atoms with Crippen molar-refractivity contribution in [3.63, 3.8) is 0 Å². The zero-order chi connectivity index (χ0) is 46.3. The number of rotatable bonds is 14. The van der Waals surface area contributed by atoms with Gasteiger partial charge in [0.2, 0.25) is 0 Å². The molecular weight excluding hydrogens is 845 g/mol. The summed E-state index contributed by atoms with van der Waals surface area (Å²) in [6.45, 7) is 7.95. The average Bonchev–Trinajstić information content (AvgIpc) is 4.01. The van der Waals surface area contributed by atoms with Crippen LogP contribution in [0, 0.1) is 17.8 Å². The molecule has 6 atom stereocenters. The van der Waals surface area contributed by atoms with Gasteiger partial charge in [-0.05, 0) is 133 Å². The molecule has 4 aromatic rings. The Morgan fingerprint density at radius 3 is 2.67 bits per heavy atom. The summed E-state index contributed by atoms with van der Waals surface area (Å²) in [5, 5.41) is 57.2. The van der Waals surface area contributed by atoms with E-state index in [1.807, 2.05) is 31.2 Å². The number of nitrogens with one attached hydrogen (secondary N) is 3. The van der Waals surface area contributed by atoms with Crippen LogP contribution in [0.5, 0.6) is 28.7 Å². The van der Waals surface area contributed by atoms with Gasteiger partial charge in [0, 0.05) is 48.8 Å². The van der Waals surface area contributed by atoms with Crippen LogP contribution in [0.1, 0.15) is 111 Å². The zero-order valence-electron chi connectivity index (χ0n) is 39.1. The minimum absolute atomic E-state index is 0.00935. The first kappa shape index (κ1) is 45.6. The molecule has 354 valence electrons. The average molecular weight is 911 g/mol. The Bertz CT molecular complexity index is 2680. The fourth-order valence-corrected chi connectivity index (χ4v) is 11.8. The summed E-state index contributed by atoms with van der Waals surface area (Å²) in [4.78, 5) is 4.64. The molecule has 7 N–H and O–H groups in total. The molecule has 4 aliphatic heterocycles. The van der Waals surface area contributed by atoms with Crippen molar-refractivity contribution in [3.8, 4) is 51.7 Å². The van der Waals surface area contributed by atoms with Crippen LogP contribution in [0.4, 0.5) is 0 Å². The number of phenols is 2. The number of aliphatic hydroxyl groups excluding tert-OH is 1. The monoisotopic (exact) mass is 910 g/mol. The van der Waals surface area contributed by atoms with Crippen molar-refractivity contribution in [3.05, 3.63) is 98.6 Å². The van der Waals surface area contributed by atoms with Gasteiger partial charge in [-0.2, -0.15) is 0 Å². The Hall–Kier alpha value is -5.13. The SMILES string of the molecule is CC(C)CC(C)(O)CNCNC1C#CCCOc2cc(ccc2O)C2Oc3c(c4c(c5c3CCC(CO)O5)-c3ccc(O)cc3C(Cc3ccc5c(c3)=CCN=5)C4)CC12OCNC1CCCC1. The van der Waals surface area contributed by atoms with E-state index in [0.717, 1.165) is 74.5 Å². The third-order valence-electron chi connectivity index (χ3n) is 14.8. The molecule has 12 heteroatoms. The minimum atomic E-state index is -1.15. The van der Waals surface area contributed by atoms with E-state index in [9.17, 15) is 20.4 Å². The summed E-state index contributed by atoms with van der Waals surface area (Å²) in [5.74, 6) is 9.45. The number of ether oxygens (including phenoxy) is 4. The maximum atomic E-state index is 11.3. The van der Waals surface area contributed by atoms with E-state index in [1.54, 1.807) is 12.1 Å². The van der Waals surface area contributed by atoms with Gasteiger partial charge < -0.3 is 44.7 Å². The number of aliphatic hydroxyl groups is 2. The molecule has 67 heavy (non-hydrogen) atoms. The molecule has 0 saturated heterocycles. The molecular formula is C55H66N4O8. The maximum absolute atomic E-state index is 11.3. The third kappa shape index (κ3) is 9.27. The zero-order valence-corrected chi connectivity index (χ0v) is 39.1. The molecule has 0 radical (unpaired) electrons. The Balaban J connectivity index is 1.15. The number of hydrogen-bond donors (Lipinski definition) is 7. The Morgan fingerprint density at radius 2 is 1.84 bits per heavy atom. The predicted octanol–water partition coefficient (Wildman–Crippen LogP) is 5.76. The smallest absolute Gasteiger partial charge is 0.161 e. The fourth-order valence-electron chi connectivity index (χ4n) is 11.8. The fraction of sp³-hybridized carbons (Fsp3) is 0.509. The molecule has 4 aromatic carbocycles. The lowest BCUT2D eigenvalue weighted by Crippen LogP contribution is -2.62. The molecule has 0 spiro atoms. The normalized spacial score (nSPS) is 24.5. The molecule has 10 rings (SSSR count). The highest BCUT2D eigenvalue weighted by molar-refractivity contribution is 5.85. The quantitative estimate of drug-likeness (QED) is 0.0468. The van der Waals surface area contributed by atoms with Gasteiger partial charge in [-0.25, -0.2) is 0 Å². The second-order valence-electron chi connectivity index (χ2n) is 20.3. The Morgan fingerprint density at radius 1 is 0.970 bits per heavy atom. The largest absolute Gasteiger partial charge is 0.508 e. The third-order valence-corrected chi connectivity index (χ3v) is 14.8. The number of hydrogen-bond acceptors (Lipinski definition) is 12. The molecule has 2 bridgehead atoms. The summed E-state index contributed by atoms with van der Waals surface area (Å²) in [6, 6.07) is 17.4. The van der Waals surface area contributed by atoms with Gasteiger partial charge >= 0.3 is 0 Å². The lowest BCUT2D eigenvalue weighted by atomic mass is 9.69. The van der Waals surface area contributed by atoms with Crippen molar-refractivity contribution in [2.75, 3.05) is 39.7 Å². The van der Waals surface area contributed by atoms with Crippen LogP contribution in [0.2, 0.25) is 0 Å². The van der Waals surface area contributed by atoms with Crippen molar-refractivity contribution >= 4 is 6.08 Å². The van der Waals surface area contributed by atoms with Crippen LogP contribution < -0.4 is 40.7 Å². The highest BCUT2D eigenvalue weighted by atomic mass is 16.6. The summed E-state index contributed by atoms with van der Waals surface area (Å²) < 4.78 is 28.1. The minimum Gasteiger partial charge on any atom is -0.508 e. The van der Waals surface area contributed by atoms with Gasteiger partial charge in [-0.1, -0.05) is 62.8 Å². The number of aromatic hydroxyl groups is 2. The maximum Gasteiger partial charge on any atom is 0.161 e. The summed E-state index contributed by atoms with van der Waals surface area (Å²) >= 11 is 0. The molecule has 0 amide bonds. The second-order valence-corrected chi connectivity index (χ2v) is 20.3. The van der Waals surface area contributed by atoms with E-state index in [2.05, 4.69) is 70.9 Å². The Labute approximate surface area is 393 Å². The van der Waals surface area contributed by atoms with Crippen LogP contribution in [0.3, 0.4) is 0 Å². The van der Waals surface area contributed by atoms with Crippen molar-refractivity contribution in [1.29, 1.82) is 0 Å². The molecule has 1 saturated carbocycles. The summed E-state index contributed by atoms with van der Waals surface area (Å²) in [5.41, 5.74) is 6.02. The van der Waals surface area contributed by atoms with Crippen molar-refractivity contribution in [1.82, 2.24) is 16.0 Å². The van der Waals surface area contributed by atoms with E-state index in [4.69, 9.17) is 18.9 Å². The number of phenolic OH excluding ortho intramolecular Hbond substituents is 2. The van der Waals surface area contributed by atoms with Crippen LogP contribution >= 0.6 is 0 Å². The van der Waals surface area contributed by atoms with E-state index in [-0.39, 0.29) is 43.5 Å². The first-order valence-electron chi connectivity index (χ1n) is 24.6. The van der Waals surface area contributed by atoms with E-state index in [0.29, 0.717) is 81.7 Å². The molecule has 1 fully saturated rings. The van der Waals surface area contributed by atoms with E-state index < -0.39 is 23.3 Å². The van der Waals surface area contributed by atoms with Gasteiger partial charge in [-0.15, -0.1) is 0 Å². The highest BCUT2D eigenvalue weighted by Crippen LogP contribution is 2.58. The van der Waals surface area contributed by atoms with Gasteiger partial charge in [0.05, 0.1) is 37.4 Å². The van der Waals surface area contributed by atoms with E-state index in [1.165, 1.54) is 18.4 Å². The number of fused-ring (bicyclic) bond motifs is 13. The topological polar surface area (TPSA) is 166 Å². The van der Waals surface area contributed by atoms with Crippen LogP contribution in [0.15, 0.2) is 59.6 Å². The van der Waals surface area contributed by atoms with E-state index >= 15 is 0 Å². The van der Waals surface area contributed by atoms with Gasteiger partial charge in [0.15, 0.2) is 17.6 Å². The number of nitrogens with zero attached hydrogens (tertiary/aromatic N) is 1. The molecule has 4 heterocycles. The second kappa shape index (κ2) is 19.1. The van der Waals surface area contributed by atoms with Crippen molar-refractivity contribution in [2.24, 2.45) is 10.9 Å². The number of benzene rings is 4. The molecule has 12 nitrogen and oxygen atoms in total. The van der Waals surface area contributed by atoms with Crippen molar-refractivity contribution < 1.29 is 39.4 Å². The standard InChI is InChI=1S/C55H66N4O8/c1-33(2)27-54(3,63)30-56-31-58-49-10-6-7-21-64-48-25-36(12-18-47(48)62)53-55(49,65-32-59-38-8-4-5-9-38)28-45-44-24-37(23-34-11-17-46-35(22-34)19-20-57-46)43-26-39(61)13-15-41(43)50(44)52-42(51(45)67-53)16-14-40(29-60)66-52/h11-13,15,17-19,22,25-26,33,37-38,40,49,53,56,58-63H,4-5,7-9,14,16,20-21,23-24,27-32H2,1-3H3. The summed E-state index contributed by atoms with van der Waals surface area (Å²) in [6.07, 6.45) is 9.66. The highest BCUT2D eigenvalue weighted by Gasteiger charge is 2.54. The molecule has 2 aliphatic carbocycles.